The fourth-order valence-corrected chi connectivity index (χ4v) is 2.20. The minimum Gasteiger partial charge on any atom is -0.389 e. The minimum absolute atomic E-state index is 0.134. The molecule has 2 rings (SSSR count). The molecule has 0 amide bonds. The molecule has 0 aliphatic heterocycles. The fourth-order valence-electron chi connectivity index (χ4n) is 1.55. The maximum Gasteiger partial charge on any atom is 0.262 e. The number of aromatic nitrogens is 3. The second kappa shape index (κ2) is 4.10. The van der Waals surface area contributed by atoms with Crippen LogP contribution in [0.2, 0.25) is 0 Å². The third-order valence-electron chi connectivity index (χ3n) is 2.26. The lowest BCUT2D eigenvalue weighted by Gasteiger charge is -2.14. The second-order valence-corrected chi connectivity index (χ2v) is 6.07. The Kier molecular flexibility index (Phi) is 2.91. The van der Waals surface area contributed by atoms with E-state index in [0.29, 0.717) is 16.7 Å². The van der Waals surface area contributed by atoms with Crippen molar-refractivity contribution < 1.29 is 4.52 Å². The molecule has 5 nitrogen and oxygen atoms in total. The highest BCUT2D eigenvalue weighted by molar-refractivity contribution is 7.10. The molecule has 6 heteroatoms. The number of hydrogen-bond donors (Lipinski definition) is 1. The van der Waals surface area contributed by atoms with Crippen molar-refractivity contribution in [2.45, 2.75) is 34.1 Å². The Morgan fingerprint density at radius 3 is 2.59 bits per heavy atom. The van der Waals surface area contributed by atoms with Gasteiger partial charge in [-0.2, -0.15) is 9.36 Å². The van der Waals surface area contributed by atoms with Crippen LogP contribution >= 0.6 is 11.5 Å². The van der Waals surface area contributed by atoms with Gasteiger partial charge in [0.05, 0.1) is 11.3 Å². The van der Waals surface area contributed by atoms with Crippen molar-refractivity contribution in [2.75, 3.05) is 5.73 Å². The molecule has 92 valence electrons. The van der Waals surface area contributed by atoms with E-state index in [9.17, 15) is 0 Å². The normalized spacial score (nSPS) is 12.0. The van der Waals surface area contributed by atoms with Gasteiger partial charge in [-0.3, -0.25) is 0 Å². The second-order valence-electron chi connectivity index (χ2n) is 5.26. The quantitative estimate of drug-likeness (QED) is 0.889. The van der Waals surface area contributed by atoms with Crippen molar-refractivity contribution in [1.29, 1.82) is 0 Å². The molecular weight excluding hydrogens is 236 g/mol. The van der Waals surface area contributed by atoms with Gasteiger partial charge in [0, 0.05) is 6.42 Å². The molecule has 2 aromatic heterocycles. The Morgan fingerprint density at radius 2 is 2.06 bits per heavy atom. The maximum atomic E-state index is 5.84. The number of hydrogen-bond acceptors (Lipinski definition) is 6. The largest absolute Gasteiger partial charge is 0.389 e. The van der Waals surface area contributed by atoms with Gasteiger partial charge in [0.25, 0.3) is 5.89 Å². The van der Waals surface area contributed by atoms with E-state index in [4.69, 9.17) is 10.3 Å². The van der Waals surface area contributed by atoms with Gasteiger partial charge in [-0.05, 0) is 23.9 Å². The summed E-state index contributed by atoms with van der Waals surface area (Å²) in [5.41, 5.74) is 7.57. The van der Waals surface area contributed by atoms with Crippen LogP contribution in [0, 0.1) is 12.3 Å². The number of anilines is 1. The first-order valence-electron chi connectivity index (χ1n) is 5.41. The minimum atomic E-state index is 0.134. The molecule has 0 aliphatic carbocycles. The zero-order valence-corrected chi connectivity index (χ0v) is 11.3. The van der Waals surface area contributed by atoms with Crippen molar-refractivity contribution in [3.05, 3.63) is 11.5 Å². The van der Waals surface area contributed by atoms with Crippen LogP contribution in [-0.2, 0) is 6.42 Å². The molecule has 2 aromatic rings. The van der Waals surface area contributed by atoms with Crippen molar-refractivity contribution in [3.8, 4) is 11.5 Å². The van der Waals surface area contributed by atoms with E-state index < -0.39 is 0 Å². The smallest absolute Gasteiger partial charge is 0.262 e. The van der Waals surface area contributed by atoms with Crippen LogP contribution < -0.4 is 5.73 Å². The standard InChI is InChI=1S/C11H16N4OS/c1-6-8(9(12)17-15-6)10-13-7(14-16-10)5-11(2,3)4/h5,12H2,1-4H3. The number of nitrogen functional groups attached to an aromatic ring is 1. The molecule has 0 radical (unpaired) electrons. The van der Waals surface area contributed by atoms with Crippen LogP contribution in [0.5, 0.6) is 0 Å². The summed E-state index contributed by atoms with van der Waals surface area (Å²) in [6, 6.07) is 0. The molecule has 0 saturated carbocycles. The van der Waals surface area contributed by atoms with Crippen LogP contribution in [0.1, 0.15) is 32.3 Å². The highest BCUT2D eigenvalue weighted by Crippen LogP contribution is 2.31. The SMILES string of the molecule is Cc1nsc(N)c1-c1nc(CC(C)(C)C)no1. The highest BCUT2D eigenvalue weighted by atomic mass is 32.1. The third-order valence-corrected chi connectivity index (χ3v) is 3.03. The van der Waals surface area contributed by atoms with Gasteiger partial charge in [-0.15, -0.1) is 0 Å². The van der Waals surface area contributed by atoms with Crippen molar-refractivity contribution in [1.82, 2.24) is 14.5 Å². The number of rotatable bonds is 2. The lowest BCUT2D eigenvalue weighted by molar-refractivity contribution is 0.374. The van der Waals surface area contributed by atoms with Crippen LogP contribution in [-0.4, -0.2) is 14.5 Å². The molecule has 0 spiro atoms. The fraction of sp³-hybridized carbons (Fsp3) is 0.545. The predicted octanol–water partition coefficient (Wildman–Crippen LogP) is 2.67. The summed E-state index contributed by atoms with van der Waals surface area (Å²) in [4.78, 5) is 4.37. The van der Waals surface area contributed by atoms with Crippen molar-refractivity contribution in [2.24, 2.45) is 5.41 Å². The first kappa shape index (κ1) is 12.0. The molecule has 0 saturated heterocycles. The van der Waals surface area contributed by atoms with Crippen molar-refractivity contribution >= 4 is 16.5 Å². The molecule has 2 N–H and O–H groups in total. The van der Waals surface area contributed by atoms with Gasteiger partial charge >= 0.3 is 0 Å². The zero-order chi connectivity index (χ0) is 12.6. The van der Waals surface area contributed by atoms with E-state index in [1.54, 1.807) is 0 Å². The first-order chi connectivity index (χ1) is 7.87. The Hall–Kier alpha value is -1.43. The molecule has 0 bridgehead atoms. The maximum absolute atomic E-state index is 5.84. The topological polar surface area (TPSA) is 77.8 Å². The third kappa shape index (κ3) is 2.63. The summed E-state index contributed by atoms with van der Waals surface area (Å²) in [5, 5.41) is 4.59. The Bertz CT molecular complexity index is 504. The van der Waals surface area contributed by atoms with Crippen LogP contribution in [0.15, 0.2) is 4.52 Å². The molecule has 0 aliphatic rings. The lowest BCUT2D eigenvalue weighted by Crippen LogP contribution is -2.10. The van der Waals surface area contributed by atoms with E-state index in [1.165, 1.54) is 11.5 Å². The molecular formula is C11H16N4OS. The molecule has 2 heterocycles. The highest BCUT2D eigenvalue weighted by Gasteiger charge is 2.20. The van der Waals surface area contributed by atoms with E-state index in [1.807, 2.05) is 6.92 Å². The van der Waals surface area contributed by atoms with E-state index in [0.717, 1.165) is 17.7 Å². The molecule has 17 heavy (non-hydrogen) atoms. The average Bonchev–Trinajstić information content (AvgIpc) is 2.71. The van der Waals surface area contributed by atoms with Gasteiger partial charge in [-0.1, -0.05) is 25.9 Å². The van der Waals surface area contributed by atoms with Gasteiger partial charge in [0.15, 0.2) is 5.82 Å². The van der Waals surface area contributed by atoms with E-state index in [2.05, 4.69) is 35.3 Å². The van der Waals surface area contributed by atoms with Crippen LogP contribution in [0.25, 0.3) is 11.5 Å². The molecule has 0 aromatic carbocycles. The van der Waals surface area contributed by atoms with Gasteiger partial charge in [0.1, 0.15) is 5.00 Å². The predicted molar refractivity (Wildman–Crippen MR) is 67.7 cm³/mol. The van der Waals surface area contributed by atoms with E-state index in [-0.39, 0.29) is 5.41 Å². The average molecular weight is 252 g/mol. The van der Waals surface area contributed by atoms with Gasteiger partial charge in [-0.25, -0.2) is 0 Å². The summed E-state index contributed by atoms with van der Waals surface area (Å²) in [6.07, 6.45) is 0.771. The zero-order valence-electron chi connectivity index (χ0n) is 10.4. The van der Waals surface area contributed by atoms with E-state index >= 15 is 0 Å². The molecule has 0 atom stereocenters. The first-order valence-corrected chi connectivity index (χ1v) is 6.19. The summed E-state index contributed by atoms with van der Waals surface area (Å²) in [7, 11) is 0. The summed E-state index contributed by atoms with van der Waals surface area (Å²) >= 11 is 1.25. The monoisotopic (exact) mass is 252 g/mol. The van der Waals surface area contributed by atoms with Crippen LogP contribution in [0.3, 0.4) is 0 Å². The Balaban J connectivity index is 2.30. The number of nitrogens with zero attached hydrogens (tertiary/aromatic N) is 3. The summed E-state index contributed by atoms with van der Waals surface area (Å²) in [6.45, 7) is 8.29. The van der Waals surface area contributed by atoms with Gasteiger partial charge in [0.2, 0.25) is 0 Å². The Labute approximate surface area is 104 Å². The molecule has 0 unspecified atom stereocenters. The van der Waals surface area contributed by atoms with Crippen LogP contribution in [0.4, 0.5) is 5.00 Å². The number of aryl methyl sites for hydroxylation is 1. The Morgan fingerprint density at radius 1 is 1.35 bits per heavy atom. The molecule has 0 fully saturated rings. The number of nitrogens with two attached hydrogens (primary N) is 1. The summed E-state index contributed by atoms with van der Waals surface area (Å²) < 4.78 is 9.41. The van der Waals surface area contributed by atoms with Crippen molar-refractivity contribution in [3.63, 3.8) is 0 Å². The van der Waals surface area contributed by atoms with Gasteiger partial charge < -0.3 is 10.3 Å². The summed E-state index contributed by atoms with van der Waals surface area (Å²) in [5.74, 6) is 1.17. The lowest BCUT2D eigenvalue weighted by atomic mass is 9.92.